The Morgan fingerprint density at radius 3 is 2.60 bits per heavy atom. The van der Waals surface area contributed by atoms with Gasteiger partial charge in [-0.1, -0.05) is 30.9 Å². The average molecular weight is 318 g/mol. The maximum absolute atomic E-state index is 11.8. The van der Waals surface area contributed by atoms with E-state index >= 15 is 0 Å². The first-order chi connectivity index (χ1) is 9.36. The van der Waals surface area contributed by atoms with Crippen molar-refractivity contribution < 1.29 is 17.9 Å². The molecule has 1 aromatic carbocycles. The smallest absolute Gasteiger partial charge is 0.338 e. The van der Waals surface area contributed by atoms with Crippen molar-refractivity contribution in [1.29, 1.82) is 0 Å². The molecule has 20 heavy (non-hydrogen) atoms. The summed E-state index contributed by atoms with van der Waals surface area (Å²) >= 11 is 5.79. The van der Waals surface area contributed by atoms with E-state index in [9.17, 15) is 13.2 Å². The van der Waals surface area contributed by atoms with Crippen LogP contribution < -0.4 is 5.14 Å². The zero-order valence-corrected chi connectivity index (χ0v) is 12.4. The molecule has 0 saturated heterocycles. The summed E-state index contributed by atoms with van der Waals surface area (Å²) in [4.78, 5) is 11.6. The number of sulfonamides is 1. The third-order valence-electron chi connectivity index (χ3n) is 3.42. The van der Waals surface area contributed by atoms with Crippen molar-refractivity contribution in [3.05, 3.63) is 28.8 Å². The van der Waals surface area contributed by atoms with Crippen LogP contribution >= 0.6 is 11.6 Å². The largest absolute Gasteiger partial charge is 0.462 e. The van der Waals surface area contributed by atoms with Gasteiger partial charge >= 0.3 is 5.97 Å². The monoisotopic (exact) mass is 317 g/mol. The van der Waals surface area contributed by atoms with Gasteiger partial charge in [-0.25, -0.2) is 18.4 Å². The summed E-state index contributed by atoms with van der Waals surface area (Å²) in [6, 6.07) is 3.73. The molecule has 0 spiro atoms. The Balaban J connectivity index is 2.03. The molecule has 1 fully saturated rings. The molecule has 5 nitrogen and oxygen atoms in total. The molecule has 0 unspecified atom stereocenters. The first-order valence-electron chi connectivity index (χ1n) is 6.37. The van der Waals surface area contributed by atoms with Crippen LogP contribution in [0, 0.1) is 5.92 Å². The molecule has 1 aliphatic carbocycles. The van der Waals surface area contributed by atoms with Gasteiger partial charge in [-0.2, -0.15) is 0 Å². The lowest BCUT2D eigenvalue weighted by Gasteiger charge is -2.24. The summed E-state index contributed by atoms with van der Waals surface area (Å²) in [5.74, 6) is 0.0545. The lowest BCUT2D eigenvalue weighted by Crippen LogP contribution is -2.16. The maximum Gasteiger partial charge on any atom is 0.338 e. The van der Waals surface area contributed by atoms with E-state index in [1.807, 2.05) is 0 Å². The summed E-state index contributed by atoms with van der Waals surface area (Å²) in [7, 11) is -3.90. The van der Waals surface area contributed by atoms with Crippen LogP contribution in [0.3, 0.4) is 0 Å². The second-order valence-electron chi connectivity index (χ2n) is 4.94. The van der Waals surface area contributed by atoms with Crippen LogP contribution in [0.5, 0.6) is 0 Å². The molecule has 2 rings (SSSR count). The Morgan fingerprint density at radius 2 is 2.05 bits per heavy atom. The molecule has 2 N–H and O–H groups in total. The predicted molar refractivity (Wildman–Crippen MR) is 75.1 cm³/mol. The number of hydrogen-bond acceptors (Lipinski definition) is 4. The Kier molecular flexibility index (Phi) is 4.67. The average Bonchev–Trinajstić information content (AvgIpc) is 2.30. The van der Waals surface area contributed by atoms with Crippen LogP contribution in [-0.2, 0) is 14.8 Å². The van der Waals surface area contributed by atoms with Gasteiger partial charge in [0.1, 0.15) is 0 Å². The van der Waals surface area contributed by atoms with Gasteiger partial charge in [0, 0.05) is 5.02 Å². The van der Waals surface area contributed by atoms with Crippen LogP contribution in [0.25, 0.3) is 0 Å². The van der Waals surface area contributed by atoms with E-state index < -0.39 is 16.0 Å². The number of carbonyl (C=O) groups excluding carboxylic acids is 1. The second-order valence-corrected chi connectivity index (χ2v) is 6.94. The zero-order valence-electron chi connectivity index (χ0n) is 10.8. The molecule has 0 radical (unpaired) electrons. The van der Waals surface area contributed by atoms with E-state index in [1.165, 1.54) is 37.5 Å². The topological polar surface area (TPSA) is 86.5 Å². The molecule has 0 bridgehead atoms. The number of rotatable bonds is 5. The van der Waals surface area contributed by atoms with E-state index in [-0.39, 0.29) is 15.5 Å². The molecule has 110 valence electrons. The number of hydrogen-bond donors (Lipinski definition) is 1. The SMILES string of the molecule is NS(=O)(=O)c1cc(Cl)cc(C(=O)OCCC2CCC2)c1. The van der Waals surface area contributed by atoms with Crippen LogP contribution in [0.1, 0.15) is 36.0 Å². The van der Waals surface area contributed by atoms with Crippen molar-refractivity contribution in [2.24, 2.45) is 11.1 Å². The second kappa shape index (κ2) is 6.11. The molecule has 1 aliphatic rings. The van der Waals surface area contributed by atoms with Gasteiger partial charge in [-0.15, -0.1) is 0 Å². The Morgan fingerprint density at radius 1 is 1.35 bits per heavy atom. The number of carbonyl (C=O) groups is 1. The van der Waals surface area contributed by atoms with Crippen LogP contribution in [-0.4, -0.2) is 21.0 Å². The van der Waals surface area contributed by atoms with Crippen molar-refractivity contribution >= 4 is 27.6 Å². The number of benzene rings is 1. The molecule has 0 aliphatic heterocycles. The fourth-order valence-corrected chi connectivity index (χ4v) is 2.91. The van der Waals surface area contributed by atoms with Crippen molar-refractivity contribution in [1.82, 2.24) is 0 Å². The Labute approximate surface area is 123 Å². The highest BCUT2D eigenvalue weighted by atomic mass is 35.5. The zero-order chi connectivity index (χ0) is 14.8. The molecule has 1 aromatic rings. The Bertz CT molecular complexity index is 611. The van der Waals surface area contributed by atoms with Gasteiger partial charge in [-0.05, 0) is 30.5 Å². The van der Waals surface area contributed by atoms with Gasteiger partial charge in [0.05, 0.1) is 17.1 Å². The standard InChI is InChI=1S/C13H16ClNO4S/c14-11-6-10(7-12(8-11)20(15,17)18)13(16)19-5-4-9-2-1-3-9/h6-9H,1-5H2,(H2,15,17,18). The maximum atomic E-state index is 11.8. The highest BCUT2D eigenvalue weighted by Crippen LogP contribution is 2.29. The van der Waals surface area contributed by atoms with Gasteiger partial charge in [0.2, 0.25) is 10.0 Å². The van der Waals surface area contributed by atoms with E-state index in [1.54, 1.807) is 0 Å². The fourth-order valence-electron chi connectivity index (χ4n) is 2.03. The third kappa shape index (κ3) is 3.94. The minimum atomic E-state index is -3.90. The minimum Gasteiger partial charge on any atom is -0.462 e. The van der Waals surface area contributed by atoms with Gasteiger partial charge in [0.25, 0.3) is 0 Å². The molecular weight excluding hydrogens is 302 g/mol. The highest BCUT2D eigenvalue weighted by Gasteiger charge is 2.19. The third-order valence-corrected chi connectivity index (χ3v) is 4.53. The van der Waals surface area contributed by atoms with Crippen molar-refractivity contribution in [3.63, 3.8) is 0 Å². The van der Waals surface area contributed by atoms with Crippen molar-refractivity contribution in [3.8, 4) is 0 Å². The molecule has 0 aromatic heterocycles. The van der Waals surface area contributed by atoms with E-state index in [0.717, 1.165) is 6.42 Å². The molecule has 7 heteroatoms. The number of esters is 1. The lowest BCUT2D eigenvalue weighted by molar-refractivity contribution is 0.0464. The molecule has 0 atom stereocenters. The first kappa shape index (κ1) is 15.3. The quantitative estimate of drug-likeness (QED) is 0.844. The number of ether oxygens (including phenoxy) is 1. The fraction of sp³-hybridized carbons (Fsp3) is 0.462. The minimum absolute atomic E-state index is 0.0927. The van der Waals surface area contributed by atoms with Gasteiger partial charge < -0.3 is 4.74 Å². The summed E-state index contributed by atoms with van der Waals surface area (Å²) in [5.41, 5.74) is 0.0927. The molecule has 0 heterocycles. The van der Waals surface area contributed by atoms with Crippen molar-refractivity contribution in [2.75, 3.05) is 6.61 Å². The van der Waals surface area contributed by atoms with E-state index in [0.29, 0.717) is 12.5 Å². The molecule has 1 saturated carbocycles. The molecule has 0 amide bonds. The van der Waals surface area contributed by atoms with Crippen molar-refractivity contribution in [2.45, 2.75) is 30.6 Å². The van der Waals surface area contributed by atoms with Gasteiger partial charge in [-0.3, -0.25) is 0 Å². The number of halogens is 1. The number of primary sulfonamides is 1. The molecular formula is C13H16ClNO4S. The van der Waals surface area contributed by atoms with Crippen LogP contribution in [0.2, 0.25) is 5.02 Å². The van der Waals surface area contributed by atoms with Crippen LogP contribution in [0.4, 0.5) is 0 Å². The Hall–Kier alpha value is -1.11. The summed E-state index contributed by atoms with van der Waals surface area (Å²) in [5, 5.41) is 5.15. The highest BCUT2D eigenvalue weighted by molar-refractivity contribution is 7.89. The lowest BCUT2D eigenvalue weighted by atomic mass is 9.83. The van der Waals surface area contributed by atoms with Crippen LogP contribution in [0.15, 0.2) is 23.1 Å². The predicted octanol–water partition coefficient (Wildman–Crippen LogP) is 2.33. The normalized spacial score (nSPS) is 15.7. The first-order valence-corrected chi connectivity index (χ1v) is 8.29. The van der Waals surface area contributed by atoms with Gasteiger partial charge in [0.15, 0.2) is 0 Å². The summed E-state index contributed by atoms with van der Waals surface area (Å²) in [6.07, 6.45) is 4.45. The van der Waals surface area contributed by atoms with E-state index in [4.69, 9.17) is 21.5 Å². The van der Waals surface area contributed by atoms with E-state index in [2.05, 4.69) is 0 Å². The summed E-state index contributed by atoms with van der Waals surface area (Å²) < 4.78 is 27.7. The number of nitrogens with two attached hydrogens (primary N) is 1. The summed E-state index contributed by atoms with van der Waals surface area (Å²) in [6.45, 7) is 0.334.